The molecule has 20 nitrogen and oxygen atoms in total. The Balaban J connectivity index is 0.000000222. The molecule has 4 aromatic rings. The second-order valence-corrected chi connectivity index (χ2v) is 21.7. The van der Waals surface area contributed by atoms with Crippen molar-refractivity contribution in [2.45, 2.75) is 192 Å². The Morgan fingerprint density at radius 1 is 0.627 bits per heavy atom. The van der Waals surface area contributed by atoms with Crippen molar-refractivity contribution in [1.82, 2.24) is 71.1 Å². The molecule has 2 unspecified atom stereocenters. The summed E-state index contributed by atoms with van der Waals surface area (Å²) in [6.07, 6.45) is 14.0. The van der Waals surface area contributed by atoms with Gasteiger partial charge in [0, 0.05) is 20.1 Å². The molecule has 4 fully saturated rings. The van der Waals surface area contributed by atoms with Gasteiger partial charge in [0.2, 0.25) is 23.6 Å². The van der Waals surface area contributed by atoms with Crippen molar-refractivity contribution in [1.29, 1.82) is 0 Å². The van der Waals surface area contributed by atoms with Gasteiger partial charge >= 0.3 is 6.09 Å². The van der Waals surface area contributed by atoms with Gasteiger partial charge in [-0.1, -0.05) is 113 Å². The zero-order valence-electron chi connectivity index (χ0n) is 45.4. The molecule has 3 N–H and O–H groups in total. The van der Waals surface area contributed by atoms with Gasteiger partial charge in [-0.15, -0.1) is 20.4 Å². The van der Waals surface area contributed by atoms with E-state index in [1.165, 1.54) is 11.3 Å². The number of rotatable bonds is 18. The standard InChI is InChI=1S/C30H45N7O4.C25H37N7O2/c1-6-23(35(5)29(40)41-30(2,3)4)27(38)31-25(22-16-11-8-12-17-22)28(39)36-19-13-18-24(36)26-32-34-37(33-26)20-21-14-9-7-10-15-21;1-3-20(26-2)24(33)27-22(19-13-8-5-9-14-19)25(34)31-16-10-15-21(31)23-28-30-32(29-23)17-18-11-6-4-7-12-18/h7,9-10,14-15,22-25H,6,8,11-13,16-20H2,1-5H3,(H,31,38);4,6-7,11-12,19-22,26H,3,5,8-10,13-17H2,1-2H3,(H,27,33)/t23-,24-,25?;20-,21-,22?/m00/s1. The van der Waals surface area contributed by atoms with E-state index in [9.17, 15) is 24.0 Å². The minimum atomic E-state index is -0.752. The fourth-order valence-electron chi connectivity index (χ4n) is 11.2. The molecule has 20 heteroatoms. The normalized spacial score (nSPS) is 20.0. The molecular weight excluding hydrogens is 953 g/mol. The van der Waals surface area contributed by atoms with Crippen LogP contribution in [0.3, 0.4) is 0 Å². The van der Waals surface area contributed by atoms with Crippen molar-refractivity contribution in [3.8, 4) is 0 Å². The minimum Gasteiger partial charge on any atom is -0.444 e. The molecule has 4 aliphatic rings. The highest BCUT2D eigenvalue weighted by molar-refractivity contribution is 5.92. The predicted molar refractivity (Wildman–Crippen MR) is 282 cm³/mol. The average Bonchev–Trinajstić information content (AvgIpc) is 4.27. The first-order valence-corrected chi connectivity index (χ1v) is 27.7. The van der Waals surface area contributed by atoms with Crippen LogP contribution < -0.4 is 16.0 Å². The van der Waals surface area contributed by atoms with Crippen LogP contribution in [0.5, 0.6) is 0 Å². The van der Waals surface area contributed by atoms with E-state index in [1.807, 2.05) is 84.3 Å². The number of benzene rings is 2. The van der Waals surface area contributed by atoms with Crippen molar-refractivity contribution in [3.63, 3.8) is 0 Å². The van der Waals surface area contributed by atoms with Gasteiger partial charge < -0.3 is 30.5 Å². The van der Waals surface area contributed by atoms with Gasteiger partial charge in [-0.3, -0.25) is 24.1 Å². The topological polar surface area (TPSA) is 228 Å². The number of hydrogen-bond donors (Lipinski definition) is 3. The highest BCUT2D eigenvalue weighted by atomic mass is 16.6. The van der Waals surface area contributed by atoms with Crippen LogP contribution >= 0.6 is 0 Å². The summed E-state index contributed by atoms with van der Waals surface area (Å²) in [6, 6.07) is 17.2. The molecule has 4 heterocycles. The van der Waals surface area contributed by atoms with Crippen LogP contribution in [0.4, 0.5) is 4.79 Å². The lowest BCUT2D eigenvalue weighted by molar-refractivity contribution is -0.140. The van der Waals surface area contributed by atoms with Gasteiger partial charge in [0.1, 0.15) is 23.7 Å². The first-order chi connectivity index (χ1) is 36.2. The van der Waals surface area contributed by atoms with E-state index in [2.05, 4.69) is 46.8 Å². The lowest BCUT2D eigenvalue weighted by atomic mass is 9.83. The van der Waals surface area contributed by atoms with Crippen LogP contribution in [-0.2, 0) is 37.0 Å². The third kappa shape index (κ3) is 15.2. The molecule has 2 saturated heterocycles. The number of likely N-dealkylation sites (tertiary alicyclic amines) is 2. The van der Waals surface area contributed by atoms with Crippen LogP contribution in [0, 0.1) is 11.8 Å². The van der Waals surface area contributed by atoms with Gasteiger partial charge in [-0.05, 0) is 125 Å². The summed E-state index contributed by atoms with van der Waals surface area (Å²) >= 11 is 0. The third-order valence-corrected chi connectivity index (χ3v) is 15.2. The van der Waals surface area contributed by atoms with Gasteiger partial charge in [0.25, 0.3) is 0 Å². The van der Waals surface area contributed by atoms with Crippen molar-refractivity contribution in [3.05, 3.63) is 83.4 Å². The summed E-state index contributed by atoms with van der Waals surface area (Å²) in [6.45, 7) is 11.5. The van der Waals surface area contributed by atoms with Gasteiger partial charge in [0.05, 0.1) is 31.2 Å². The molecule has 2 aliphatic heterocycles. The molecular formula is C55H82N14O6. The van der Waals surface area contributed by atoms with Crippen LogP contribution in [0.1, 0.15) is 172 Å². The summed E-state index contributed by atoms with van der Waals surface area (Å²) in [7, 11) is 3.35. The first-order valence-electron chi connectivity index (χ1n) is 27.7. The number of tetrazole rings is 2. The van der Waals surface area contributed by atoms with Crippen LogP contribution in [0.15, 0.2) is 60.7 Å². The molecule has 2 aliphatic carbocycles. The Morgan fingerprint density at radius 3 is 1.47 bits per heavy atom. The number of nitrogens with one attached hydrogen (secondary N) is 3. The van der Waals surface area contributed by atoms with Crippen LogP contribution in [0.25, 0.3) is 0 Å². The predicted octanol–water partition coefficient (Wildman–Crippen LogP) is 6.54. The first kappa shape index (κ1) is 56.4. The highest BCUT2D eigenvalue weighted by Gasteiger charge is 2.43. The van der Waals surface area contributed by atoms with Crippen molar-refractivity contribution < 1.29 is 28.7 Å². The molecule has 0 bridgehead atoms. The van der Waals surface area contributed by atoms with E-state index in [-0.39, 0.29) is 53.6 Å². The average molecular weight is 1040 g/mol. The minimum absolute atomic E-state index is 0.00637. The second kappa shape index (κ2) is 27.0. The third-order valence-electron chi connectivity index (χ3n) is 15.2. The zero-order chi connectivity index (χ0) is 53.5. The van der Waals surface area contributed by atoms with Gasteiger partial charge in [-0.2, -0.15) is 9.59 Å². The number of ether oxygens (including phenoxy) is 1. The fourth-order valence-corrected chi connectivity index (χ4v) is 11.2. The number of carbonyl (C=O) groups excluding carboxylic acids is 5. The smallest absolute Gasteiger partial charge is 0.410 e. The molecule has 5 amide bonds. The van der Waals surface area contributed by atoms with Gasteiger partial charge in [0.15, 0.2) is 11.6 Å². The maximum atomic E-state index is 14.2. The Hall–Kier alpha value is -6.31. The zero-order valence-corrected chi connectivity index (χ0v) is 45.4. The fraction of sp³-hybridized carbons (Fsp3) is 0.655. The molecule has 0 spiro atoms. The summed E-state index contributed by atoms with van der Waals surface area (Å²) in [5, 5.41) is 35.6. The Morgan fingerprint density at radius 2 is 1.07 bits per heavy atom. The number of hydrogen-bond acceptors (Lipinski definition) is 13. The molecule has 2 saturated carbocycles. The lowest BCUT2D eigenvalue weighted by Gasteiger charge is -2.36. The Bertz CT molecular complexity index is 2450. The van der Waals surface area contributed by atoms with E-state index < -0.39 is 29.8 Å². The lowest BCUT2D eigenvalue weighted by Crippen LogP contribution is -2.57. The Labute approximate surface area is 442 Å². The molecule has 0 radical (unpaired) electrons. The van der Waals surface area contributed by atoms with E-state index in [0.717, 1.165) is 94.6 Å². The number of carbonyl (C=O) groups is 5. The van der Waals surface area contributed by atoms with E-state index in [4.69, 9.17) is 4.74 Å². The van der Waals surface area contributed by atoms with Crippen molar-refractivity contribution in [2.75, 3.05) is 27.2 Å². The van der Waals surface area contributed by atoms with E-state index in [0.29, 0.717) is 50.7 Å². The number of nitrogens with zero attached hydrogens (tertiary/aromatic N) is 11. The molecule has 2 aromatic heterocycles. The molecule has 75 heavy (non-hydrogen) atoms. The summed E-state index contributed by atoms with van der Waals surface area (Å²) < 4.78 is 5.50. The molecule has 2 aromatic carbocycles. The van der Waals surface area contributed by atoms with Crippen molar-refractivity contribution in [2.24, 2.45) is 11.8 Å². The number of likely N-dealkylation sites (N-methyl/N-ethyl adjacent to an activating group) is 2. The van der Waals surface area contributed by atoms with Crippen LogP contribution in [0.2, 0.25) is 0 Å². The van der Waals surface area contributed by atoms with Crippen LogP contribution in [-0.4, -0.2) is 142 Å². The Kier molecular flexibility index (Phi) is 20.3. The van der Waals surface area contributed by atoms with Crippen molar-refractivity contribution >= 4 is 29.7 Å². The number of aromatic nitrogens is 8. The largest absolute Gasteiger partial charge is 0.444 e. The molecule has 8 rings (SSSR count). The van der Waals surface area contributed by atoms with E-state index >= 15 is 0 Å². The second-order valence-electron chi connectivity index (χ2n) is 21.7. The highest BCUT2D eigenvalue weighted by Crippen LogP contribution is 2.36. The maximum Gasteiger partial charge on any atom is 0.410 e. The molecule has 408 valence electrons. The monoisotopic (exact) mass is 1030 g/mol. The SMILES string of the molecule is CC[C@@H](C(=O)NC(C(=O)N1CCC[C@H]1c1nnn(Cc2ccccc2)n1)C1CCCCC1)N(C)C(=O)OC(C)(C)C.CC[C@H](NC)C(=O)NC(C(=O)N1CCC[C@H]1c1nnn(Cc2ccccc2)n1)C1CCCCC1. The van der Waals surface area contributed by atoms with E-state index in [1.54, 1.807) is 44.5 Å². The molecule has 6 atom stereocenters. The van der Waals surface area contributed by atoms with Gasteiger partial charge in [-0.25, -0.2) is 4.79 Å². The summed E-state index contributed by atoms with van der Waals surface area (Å²) in [5.74, 6) is 0.753. The summed E-state index contributed by atoms with van der Waals surface area (Å²) in [4.78, 5) is 75.5. The number of amides is 5. The quantitative estimate of drug-likeness (QED) is 0.0963. The maximum absolute atomic E-state index is 14.2. The summed E-state index contributed by atoms with van der Waals surface area (Å²) in [5.41, 5.74) is 1.49.